The average molecular weight is 203 g/mol. The van der Waals surface area contributed by atoms with Crippen LogP contribution in [0.3, 0.4) is 0 Å². The molecule has 4 nitrogen and oxygen atoms in total. The Balaban J connectivity index is 2.48. The van der Waals surface area contributed by atoms with Gasteiger partial charge in [-0.25, -0.2) is 4.99 Å². The van der Waals surface area contributed by atoms with Gasteiger partial charge in [-0.3, -0.25) is 4.79 Å². The Kier molecular flexibility index (Phi) is 3.33. The van der Waals surface area contributed by atoms with Gasteiger partial charge in [-0.1, -0.05) is 0 Å². The molecule has 0 fully saturated rings. The normalized spacial score (nSPS) is 27.2. The molecule has 0 amide bonds. The van der Waals surface area contributed by atoms with Gasteiger partial charge in [0, 0.05) is 5.75 Å². The third-order valence-corrected chi connectivity index (χ3v) is 2.73. The van der Waals surface area contributed by atoms with Crippen molar-refractivity contribution in [2.75, 3.05) is 12.4 Å². The number of thioether (sulfide) groups is 1. The van der Waals surface area contributed by atoms with Crippen LogP contribution in [0.4, 0.5) is 0 Å². The van der Waals surface area contributed by atoms with E-state index in [2.05, 4.69) is 4.99 Å². The van der Waals surface area contributed by atoms with E-state index in [1.807, 2.05) is 6.92 Å². The molecule has 0 radical (unpaired) electrons. The molecule has 1 aliphatic rings. The second-order valence-corrected chi connectivity index (χ2v) is 4.05. The van der Waals surface area contributed by atoms with Crippen molar-refractivity contribution in [3.05, 3.63) is 0 Å². The van der Waals surface area contributed by atoms with E-state index in [0.717, 1.165) is 5.04 Å². The van der Waals surface area contributed by atoms with Crippen LogP contribution in [-0.2, 0) is 9.53 Å². The fourth-order valence-corrected chi connectivity index (χ4v) is 1.95. The van der Waals surface area contributed by atoms with Gasteiger partial charge in [0.15, 0.2) is 5.72 Å². The van der Waals surface area contributed by atoms with Gasteiger partial charge < -0.3 is 9.84 Å². The Labute approximate surface area is 81.4 Å². The van der Waals surface area contributed by atoms with Crippen molar-refractivity contribution >= 4 is 22.8 Å². The van der Waals surface area contributed by atoms with Crippen LogP contribution >= 0.6 is 11.8 Å². The fourth-order valence-electron chi connectivity index (χ4n) is 1.11. The second-order valence-electron chi connectivity index (χ2n) is 2.88. The predicted octanol–water partition coefficient (Wildman–Crippen LogP) is 0.793. The fraction of sp³-hybridized carbons (Fsp3) is 0.750. The van der Waals surface area contributed by atoms with E-state index < -0.39 is 11.7 Å². The first kappa shape index (κ1) is 10.5. The molecule has 1 rings (SSSR count). The van der Waals surface area contributed by atoms with E-state index >= 15 is 0 Å². The third kappa shape index (κ3) is 3.00. The molecule has 5 heteroatoms. The first-order chi connectivity index (χ1) is 6.06. The average Bonchev–Trinajstić information content (AvgIpc) is 2.30. The van der Waals surface area contributed by atoms with E-state index in [0.29, 0.717) is 12.4 Å². The zero-order valence-electron chi connectivity index (χ0n) is 7.74. The largest absolute Gasteiger partial charge is 0.466 e. The number of carbonyl (C=O) groups is 1. The molecule has 0 aromatic heterocycles. The van der Waals surface area contributed by atoms with Gasteiger partial charge in [0.2, 0.25) is 0 Å². The molecule has 1 atom stereocenters. The molecule has 74 valence electrons. The monoisotopic (exact) mass is 203 g/mol. The standard InChI is InChI=1S/C8H13NO3S/c1-3-12-7(10)4-8(11)5-13-6(2)9-8/h11H,3-5H2,1-2H3. The van der Waals surface area contributed by atoms with Crippen molar-refractivity contribution in [1.29, 1.82) is 0 Å². The van der Waals surface area contributed by atoms with E-state index in [1.54, 1.807) is 6.92 Å². The molecule has 1 aliphatic heterocycles. The number of hydrogen-bond donors (Lipinski definition) is 1. The van der Waals surface area contributed by atoms with E-state index in [4.69, 9.17) is 4.74 Å². The molecule has 1 heterocycles. The molecule has 0 aromatic carbocycles. The number of nitrogens with zero attached hydrogens (tertiary/aromatic N) is 1. The van der Waals surface area contributed by atoms with Crippen molar-refractivity contribution in [3.8, 4) is 0 Å². The molecule has 0 saturated carbocycles. The van der Waals surface area contributed by atoms with Gasteiger partial charge in [-0.2, -0.15) is 0 Å². The highest BCUT2D eigenvalue weighted by Gasteiger charge is 2.34. The quantitative estimate of drug-likeness (QED) is 0.689. The molecule has 13 heavy (non-hydrogen) atoms. The SMILES string of the molecule is CCOC(=O)CC1(O)CSC(C)=N1. The summed E-state index contributed by atoms with van der Waals surface area (Å²) < 4.78 is 4.73. The smallest absolute Gasteiger partial charge is 0.310 e. The van der Waals surface area contributed by atoms with Crippen molar-refractivity contribution in [1.82, 2.24) is 0 Å². The Hall–Kier alpha value is -0.550. The van der Waals surface area contributed by atoms with Crippen LogP contribution in [0.1, 0.15) is 20.3 Å². The van der Waals surface area contributed by atoms with Crippen molar-refractivity contribution < 1.29 is 14.6 Å². The zero-order chi connectivity index (χ0) is 9.90. The van der Waals surface area contributed by atoms with Gasteiger partial charge in [-0.15, -0.1) is 11.8 Å². The summed E-state index contributed by atoms with van der Waals surface area (Å²) in [6.07, 6.45) is -0.0504. The van der Waals surface area contributed by atoms with Crippen LogP contribution in [0.2, 0.25) is 0 Å². The van der Waals surface area contributed by atoms with E-state index in [1.165, 1.54) is 11.8 Å². The molecular weight excluding hydrogens is 190 g/mol. The molecule has 0 aromatic rings. The summed E-state index contributed by atoms with van der Waals surface area (Å²) in [7, 11) is 0. The summed E-state index contributed by atoms with van der Waals surface area (Å²) in [5.41, 5.74) is -1.24. The Bertz CT molecular complexity index is 242. The predicted molar refractivity (Wildman–Crippen MR) is 51.8 cm³/mol. The maximum Gasteiger partial charge on any atom is 0.310 e. The summed E-state index contributed by atoms with van der Waals surface area (Å²) >= 11 is 1.46. The third-order valence-electron chi connectivity index (χ3n) is 1.61. The highest BCUT2D eigenvalue weighted by atomic mass is 32.2. The number of rotatable bonds is 3. The number of ether oxygens (including phenoxy) is 1. The first-order valence-electron chi connectivity index (χ1n) is 4.13. The molecule has 0 spiro atoms. The van der Waals surface area contributed by atoms with Crippen molar-refractivity contribution in [2.24, 2.45) is 4.99 Å². The highest BCUT2D eigenvalue weighted by molar-refractivity contribution is 8.14. The Morgan fingerprint density at radius 1 is 1.85 bits per heavy atom. The van der Waals surface area contributed by atoms with Gasteiger partial charge in [0.25, 0.3) is 0 Å². The minimum Gasteiger partial charge on any atom is -0.466 e. The molecule has 0 bridgehead atoms. The Morgan fingerprint density at radius 3 is 3.00 bits per heavy atom. The van der Waals surface area contributed by atoms with Crippen LogP contribution < -0.4 is 0 Å². The van der Waals surface area contributed by atoms with Gasteiger partial charge in [-0.05, 0) is 13.8 Å². The highest BCUT2D eigenvalue weighted by Crippen LogP contribution is 2.28. The summed E-state index contributed by atoms with van der Waals surface area (Å²) in [4.78, 5) is 15.0. The van der Waals surface area contributed by atoms with Crippen molar-refractivity contribution in [3.63, 3.8) is 0 Å². The van der Waals surface area contributed by atoms with Crippen molar-refractivity contribution in [2.45, 2.75) is 26.0 Å². The topological polar surface area (TPSA) is 58.9 Å². The molecule has 0 saturated heterocycles. The zero-order valence-corrected chi connectivity index (χ0v) is 8.56. The molecular formula is C8H13NO3S. The van der Waals surface area contributed by atoms with Gasteiger partial charge in [0.1, 0.15) is 0 Å². The summed E-state index contributed by atoms with van der Waals surface area (Å²) in [6.45, 7) is 3.89. The maximum absolute atomic E-state index is 11.1. The summed E-state index contributed by atoms with van der Waals surface area (Å²) in [5.74, 6) is 0.0431. The van der Waals surface area contributed by atoms with Crippen LogP contribution in [0.15, 0.2) is 4.99 Å². The lowest BCUT2D eigenvalue weighted by molar-refractivity contribution is -0.147. The number of carbonyl (C=O) groups excluding carboxylic acids is 1. The minimum absolute atomic E-state index is 0.0504. The van der Waals surface area contributed by atoms with Crippen LogP contribution in [0.25, 0.3) is 0 Å². The number of aliphatic imine (C=N–C) groups is 1. The van der Waals surface area contributed by atoms with Crippen LogP contribution in [-0.4, -0.2) is 34.2 Å². The first-order valence-corrected chi connectivity index (χ1v) is 5.11. The second kappa shape index (κ2) is 4.11. The summed E-state index contributed by atoms with van der Waals surface area (Å²) in [5, 5.41) is 10.6. The lowest BCUT2D eigenvalue weighted by Gasteiger charge is -2.16. The number of aliphatic hydroxyl groups is 1. The van der Waals surface area contributed by atoms with Gasteiger partial charge >= 0.3 is 5.97 Å². The lowest BCUT2D eigenvalue weighted by Crippen LogP contribution is -2.30. The van der Waals surface area contributed by atoms with E-state index in [-0.39, 0.29) is 6.42 Å². The number of hydrogen-bond acceptors (Lipinski definition) is 5. The number of esters is 1. The molecule has 1 N–H and O–H groups in total. The van der Waals surface area contributed by atoms with E-state index in [9.17, 15) is 9.90 Å². The molecule has 0 aliphatic carbocycles. The maximum atomic E-state index is 11.1. The van der Waals surface area contributed by atoms with Gasteiger partial charge in [0.05, 0.1) is 18.1 Å². The van der Waals surface area contributed by atoms with Crippen LogP contribution in [0, 0.1) is 0 Å². The molecule has 1 unspecified atom stereocenters. The lowest BCUT2D eigenvalue weighted by atomic mass is 10.2. The van der Waals surface area contributed by atoms with Crippen LogP contribution in [0.5, 0.6) is 0 Å². The minimum atomic E-state index is -1.24. The Morgan fingerprint density at radius 2 is 2.54 bits per heavy atom. The summed E-state index contributed by atoms with van der Waals surface area (Å²) in [6, 6.07) is 0.